The Labute approximate surface area is 166 Å². The maximum atomic E-state index is 5.63. The third kappa shape index (κ3) is 5.26. The standard InChI is InChI=1S/C21H26N2O3S/c1-14(2)12-18(15-4-7-17(24-3)8-5-15)23-21(27)22-16-6-9-19-20(13-16)26-11-10-25-19/h4-9,13-14,18H,10-12H2,1-3H3,(H2,22,23,27)/t18-/m1/s1. The van der Waals surface area contributed by atoms with E-state index in [1.165, 1.54) is 5.56 Å². The second-order valence-corrected chi connectivity index (χ2v) is 7.32. The largest absolute Gasteiger partial charge is 0.497 e. The van der Waals surface area contributed by atoms with Crippen LogP contribution in [0.2, 0.25) is 0 Å². The van der Waals surface area contributed by atoms with Crippen LogP contribution in [0.1, 0.15) is 31.9 Å². The number of benzene rings is 2. The van der Waals surface area contributed by atoms with E-state index < -0.39 is 0 Å². The first-order valence-corrected chi connectivity index (χ1v) is 9.57. The first-order valence-electron chi connectivity index (χ1n) is 9.16. The van der Waals surface area contributed by atoms with Gasteiger partial charge in [-0.05, 0) is 54.4 Å². The molecule has 0 aromatic heterocycles. The highest BCUT2D eigenvalue weighted by Crippen LogP contribution is 2.32. The minimum Gasteiger partial charge on any atom is -0.497 e. The fourth-order valence-electron chi connectivity index (χ4n) is 3.03. The number of anilines is 1. The van der Waals surface area contributed by atoms with E-state index in [9.17, 15) is 0 Å². The molecule has 27 heavy (non-hydrogen) atoms. The summed E-state index contributed by atoms with van der Waals surface area (Å²) < 4.78 is 16.4. The molecule has 0 saturated carbocycles. The summed E-state index contributed by atoms with van der Waals surface area (Å²) in [6, 6.07) is 14.0. The van der Waals surface area contributed by atoms with Crippen LogP contribution in [0.4, 0.5) is 5.69 Å². The number of hydrogen-bond acceptors (Lipinski definition) is 4. The van der Waals surface area contributed by atoms with E-state index in [4.69, 9.17) is 26.4 Å². The Balaban J connectivity index is 1.68. The van der Waals surface area contributed by atoms with Crippen LogP contribution >= 0.6 is 12.2 Å². The summed E-state index contributed by atoms with van der Waals surface area (Å²) in [4.78, 5) is 0. The number of methoxy groups -OCH3 is 1. The number of fused-ring (bicyclic) bond motifs is 1. The highest BCUT2D eigenvalue weighted by molar-refractivity contribution is 7.80. The second-order valence-electron chi connectivity index (χ2n) is 6.91. The fourth-order valence-corrected chi connectivity index (χ4v) is 3.29. The van der Waals surface area contributed by atoms with E-state index in [2.05, 4.69) is 36.6 Å². The number of ether oxygens (including phenoxy) is 3. The maximum absolute atomic E-state index is 5.63. The van der Waals surface area contributed by atoms with Crippen molar-refractivity contribution in [2.45, 2.75) is 26.3 Å². The molecular weight excluding hydrogens is 360 g/mol. The van der Waals surface area contributed by atoms with Crippen molar-refractivity contribution in [2.75, 3.05) is 25.6 Å². The third-order valence-corrected chi connectivity index (χ3v) is 4.55. The van der Waals surface area contributed by atoms with Gasteiger partial charge in [0.05, 0.1) is 13.2 Å². The van der Waals surface area contributed by atoms with E-state index >= 15 is 0 Å². The van der Waals surface area contributed by atoms with E-state index in [1.807, 2.05) is 30.3 Å². The Morgan fingerprint density at radius 3 is 2.44 bits per heavy atom. The quantitative estimate of drug-likeness (QED) is 0.711. The van der Waals surface area contributed by atoms with Crippen LogP contribution in [0.3, 0.4) is 0 Å². The summed E-state index contributed by atoms with van der Waals surface area (Å²) >= 11 is 5.55. The molecule has 0 spiro atoms. The van der Waals surface area contributed by atoms with Crippen molar-refractivity contribution in [1.29, 1.82) is 0 Å². The van der Waals surface area contributed by atoms with Crippen LogP contribution in [-0.4, -0.2) is 25.4 Å². The van der Waals surface area contributed by atoms with Gasteiger partial charge in [-0.15, -0.1) is 0 Å². The second kappa shape index (κ2) is 8.95. The first-order chi connectivity index (χ1) is 13.0. The van der Waals surface area contributed by atoms with Crippen molar-refractivity contribution in [2.24, 2.45) is 5.92 Å². The molecule has 0 radical (unpaired) electrons. The lowest BCUT2D eigenvalue weighted by molar-refractivity contribution is 0.171. The molecule has 1 aliphatic heterocycles. The normalized spacial score (nSPS) is 13.8. The molecular formula is C21H26N2O3S. The summed E-state index contributed by atoms with van der Waals surface area (Å²) in [5.74, 6) is 2.88. The topological polar surface area (TPSA) is 51.8 Å². The van der Waals surface area contributed by atoms with E-state index in [-0.39, 0.29) is 6.04 Å². The predicted octanol–water partition coefficient (Wildman–Crippen LogP) is 4.54. The molecule has 1 heterocycles. The van der Waals surface area contributed by atoms with Crippen LogP contribution in [-0.2, 0) is 0 Å². The molecule has 0 fully saturated rings. The molecule has 3 rings (SSSR count). The zero-order valence-electron chi connectivity index (χ0n) is 16.0. The average molecular weight is 387 g/mol. The Hall–Kier alpha value is -2.47. The minimum atomic E-state index is 0.119. The monoisotopic (exact) mass is 386 g/mol. The molecule has 0 amide bonds. The SMILES string of the molecule is COc1ccc([C@@H](CC(C)C)NC(=S)Nc2ccc3c(c2)OCCO3)cc1. The summed E-state index contributed by atoms with van der Waals surface area (Å²) in [5, 5.41) is 7.26. The van der Waals surface area contributed by atoms with Crippen molar-refractivity contribution in [1.82, 2.24) is 5.32 Å². The fraction of sp³-hybridized carbons (Fsp3) is 0.381. The van der Waals surface area contributed by atoms with Crippen molar-refractivity contribution >= 4 is 23.0 Å². The van der Waals surface area contributed by atoms with Gasteiger partial charge in [-0.25, -0.2) is 0 Å². The lowest BCUT2D eigenvalue weighted by Crippen LogP contribution is -2.33. The van der Waals surface area contributed by atoms with E-state index in [1.54, 1.807) is 7.11 Å². The van der Waals surface area contributed by atoms with Gasteiger partial charge in [0.1, 0.15) is 19.0 Å². The van der Waals surface area contributed by atoms with Gasteiger partial charge in [-0.2, -0.15) is 0 Å². The van der Waals surface area contributed by atoms with Crippen molar-refractivity contribution in [3.8, 4) is 17.2 Å². The molecule has 1 atom stereocenters. The Morgan fingerprint density at radius 1 is 1.07 bits per heavy atom. The number of hydrogen-bond donors (Lipinski definition) is 2. The summed E-state index contributed by atoms with van der Waals surface area (Å²) in [6.45, 7) is 5.55. The molecule has 144 valence electrons. The number of nitrogens with one attached hydrogen (secondary N) is 2. The van der Waals surface area contributed by atoms with Gasteiger partial charge in [0.15, 0.2) is 16.6 Å². The van der Waals surface area contributed by atoms with Crippen molar-refractivity contribution < 1.29 is 14.2 Å². The van der Waals surface area contributed by atoms with Crippen LogP contribution in [0.5, 0.6) is 17.2 Å². The molecule has 0 unspecified atom stereocenters. The van der Waals surface area contributed by atoms with Gasteiger partial charge in [-0.3, -0.25) is 0 Å². The molecule has 0 saturated heterocycles. The molecule has 2 N–H and O–H groups in total. The average Bonchev–Trinajstić information content (AvgIpc) is 2.67. The highest BCUT2D eigenvalue weighted by atomic mass is 32.1. The Bertz CT molecular complexity index is 777. The smallest absolute Gasteiger partial charge is 0.171 e. The van der Waals surface area contributed by atoms with Gasteiger partial charge in [0.25, 0.3) is 0 Å². The van der Waals surface area contributed by atoms with Gasteiger partial charge in [0, 0.05) is 11.8 Å². The molecule has 2 aromatic rings. The minimum absolute atomic E-state index is 0.119. The first kappa shape index (κ1) is 19.3. The van der Waals surface area contributed by atoms with Gasteiger partial charge < -0.3 is 24.8 Å². The molecule has 2 aromatic carbocycles. The molecule has 1 aliphatic rings. The molecule has 6 heteroatoms. The molecule has 0 bridgehead atoms. The summed E-state index contributed by atoms with van der Waals surface area (Å²) in [6.07, 6.45) is 0.968. The van der Waals surface area contributed by atoms with Gasteiger partial charge in [0.2, 0.25) is 0 Å². The van der Waals surface area contributed by atoms with Gasteiger partial charge in [-0.1, -0.05) is 26.0 Å². The summed E-state index contributed by atoms with van der Waals surface area (Å²) in [5.41, 5.74) is 2.05. The van der Waals surface area contributed by atoms with Crippen LogP contribution in [0.25, 0.3) is 0 Å². The van der Waals surface area contributed by atoms with Gasteiger partial charge >= 0.3 is 0 Å². The molecule has 5 nitrogen and oxygen atoms in total. The third-order valence-electron chi connectivity index (χ3n) is 4.33. The number of thiocarbonyl (C=S) groups is 1. The van der Waals surface area contributed by atoms with E-state index in [0.717, 1.165) is 29.4 Å². The van der Waals surface area contributed by atoms with Crippen LogP contribution < -0.4 is 24.8 Å². The zero-order chi connectivity index (χ0) is 19.2. The molecule has 0 aliphatic carbocycles. The lowest BCUT2D eigenvalue weighted by atomic mass is 9.97. The van der Waals surface area contributed by atoms with Crippen molar-refractivity contribution in [3.05, 3.63) is 48.0 Å². The lowest BCUT2D eigenvalue weighted by Gasteiger charge is -2.24. The van der Waals surface area contributed by atoms with E-state index in [0.29, 0.717) is 24.2 Å². The zero-order valence-corrected chi connectivity index (χ0v) is 16.8. The van der Waals surface area contributed by atoms with Crippen LogP contribution in [0.15, 0.2) is 42.5 Å². The maximum Gasteiger partial charge on any atom is 0.171 e. The Kier molecular flexibility index (Phi) is 6.40. The predicted molar refractivity (Wildman–Crippen MR) is 112 cm³/mol. The van der Waals surface area contributed by atoms with Crippen molar-refractivity contribution in [3.63, 3.8) is 0 Å². The van der Waals surface area contributed by atoms with Crippen LogP contribution in [0, 0.1) is 5.92 Å². The number of rotatable bonds is 6. The highest BCUT2D eigenvalue weighted by Gasteiger charge is 2.16. The summed E-state index contributed by atoms with van der Waals surface area (Å²) in [7, 11) is 1.67. The Morgan fingerprint density at radius 2 is 1.78 bits per heavy atom.